The molecule has 2 heterocycles. The molecule has 5 N–H and O–H groups in total. The minimum absolute atomic E-state index is 0.157. The Morgan fingerprint density at radius 2 is 1.89 bits per heavy atom. The smallest absolute Gasteiger partial charge is 0.407 e. The van der Waals surface area contributed by atoms with Gasteiger partial charge in [-0.2, -0.15) is 0 Å². The number of amidine groups is 1. The number of hydrogen-bond donors (Lipinski definition) is 4. The molecule has 1 saturated carbocycles. The van der Waals surface area contributed by atoms with Crippen LogP contribution in [-0.4, -0.2) is 51.3 Å². The highest BCUT2D eigenvalue weighted by Gasteiger charge is 2.30. The zero-order chi connectivity index (χ0) is 28.1. The Hall–Kier alpha value is -3.27. The minimum Gasteiger partial charge on any atom is -0.444 e. The van der Waals surface area contributed by atoms with Gasteiger partial charge >= 0.3 is 6.09 Å². The van der Waals surface area contributed by atoms with Crippen molar-refractivity contribution in [2.45, 2.75) is 103 Å². The van der Waals surface area contributed by atoms with E-state index in [2.05, 4.69) is 15.6 Å². The summed E-state index contributed by atoms with van der Waals surface area (Å²) in [5.74, 6) is -0.0830. The monoisotopic (exact) mass is 526 g/mol. The number of rotatable bonds is 5. The molecular formula is C28H42N6O4. The Labute approximate surface area is 225 Å². The molecule has 2 aliphatic rings. The number of aromatic nitrogens is 1. The number of carbonyl (C=O) groups is 2. The first-order valence-electron chi connectivity index (χ1n) is 13.3. The van der Waals surface area contributed by atoms with Gasteiger partial charge in [0.2, 0.25) is 5.91 Å². The third-order valence-electron chi connectivity index (χ3n) is 6.47. The van der Waals surface area contributed by atoms with Crippen LogP contribution < -0.4 is 16.4 Å². The maximum Gasteiger partial charge on any atom is 0.407 e. The van der Waals surface area contributed by atoms with Crippen LogP contribution in [0.4, 0.5) is 10.6 Å². The molecule has 0 bridgehead atoms. The number of ether oxygens (including phenoxy) is 1. The van der Waals surface area contributed by atoms with Crippen LogP contribution in [0, 0.1) is 5.92 Å². The number of hydrogen-bond acceptors (Lipinski definition) is 7. The summed E-state index contributed by atoms with van der Waals surface area (Å²) in [5.41, 5.74) is 5.96. The number of primary amides is 1. The standard InChI is InChI=1S/C28H42N6O4/c1-17-14-15-18(25(29)35)21(32-23-13-9-12-22(34-23)28(5,6)37)16-24(30-17)31-19-10-7-8-11-20(19)33-26(36)38-27(2,3)4/h9,12-14,18-20,37H,7-8,10-11,15-16H2,1-6H3,(H2,29,35)(H,30,31)(H,33,36). The number of aliphatic imine (C=N–C) groups is 2. The summed E-state index contributed by atoms with van der Waals surface area (Å²) in [4.78, 5) is 39.2. The topological polar surface area (TPSA) is 151 Å². The average molecular weight is 527 g/mol. The van der Waals surface area contributed by atoms with Crippen LogP contribution in [0.5, 0.6) is 0 Å². The van der Waals surface area contributed by atoms with E-state index in [-0.39, 0.29) is 18.5 Å². The number of nitrogens with zero attached hydrogens (tertiary/aromatic N) is 3. The molecular weight excluding hydrogens is 484 g/mol. The molecule has 38 heavy (non-hydrogen) atoms. The normalized spacial score (nSPS) is 25.1. The molecule has 1 aliphatic heterocycles. The van der Waals surface area contributed by atoms with Crippen molar-refractivity contribution < 1.29 is 19.4 Å². The first-order valence-corrected chi connectivity index (χ1v) is 13.3. The fourth-order valence-corrected chi connectivity index (χ4v) is 4.59. The summed E-state index contributed by atoms with van der Waals surface area (Å²) in [6.07, 6.45) is 5.74. The third kappa shape index (κ3) is 8.65. The molecule has 0 spiro atoms. The van der Waals surface area contributed by atoms with Gasteiger partial charge in [0.1, 0.15) is 17.0 Å². The molecule has 0 saturated heterocycles. The van der Waals surface area contributed by atoms with E-state index >= 15 is 0 Å². The predicted molar refractivity (Wildman–Crippen MR) is 148 cm³/mol. The lowest BCUT2D eigenvalue weighted by atomic mass is 9.90. The van der Waals surface area contributed by atoms with Crippen molar-refractivity contribution in [1.82, 2.24) is 15.6 Å². The number of amides is 2. The molecule has 10 heteroatoms. The number of aliphatic hydroxyl groups is 1. The molecule has 0 aromatic carbocycles. The largest absolute Gasteiger partial charge is 0.444 e. The molecule has 1 aromatic rings. The first-order chi connectivity index (χ1) is 17.7. The summed E-state index contributed by atoms with van der Waals surface area (Å²) >= 11 is 0. The summed E-state index contributed by atoms with van der Waals surface area (Å²) in [6.45, 7) is 10.7. The number of allylic oxidation sites excluding steroid dienone is 2. The van der Waals surface area contributed by atoms with Gasteiger partial charge in [0, 0.05) is 17.8 Å². The van der Waals surface area contributed by atoms with E-state index in [1.807, 2.05) is 33.8 Å². The van der Waals surface area contributed by atoms with E-state index in [4.69, 9.17) is 20.5 Å². The Morgan fingerprint density at radius 3 is 2.55 bits per heavy atom. The molecule has 2 amide bonds. The minimum atomic E-state index is -1.13. The van der Waals surface area contributed by atoms with Crippen molar-refractivity contribution in [2.24, 2.45) is 21.6 Å². The highest BCUT2D eigenvalue weighted by Crippen LogP contribution is 2.25. The predicted octanol–water partition coefficient (Wildman–Crippen LogP) is 4.00. The van der Waals surface area contributed by atoms with E-state index in [1.165, 1.54) is 0 Å². The summed E-state index contributed by atoms with van der Waals surface area (Å²) in [7, 11) is 0. The first kappa shape index (κ1) is 29.3. The van der Waals surface area contributed by atoms with Crippen LogP contribution >= 0.6 is 0 Å². The van der Waals surface area contributed by atoms with Crippen molar-refractivity contribution in [2.75, 3.05) is 0 Å². The van der Waals surface area contributed by atoms with E-state index in [0.717, 1.165) is 31.4 Å². The van der Waals surface area contributed by atoms with Crippen LogP contribution in [-0.2, 0) is 15.1 Å². The molecule has 1 aliphatic carbocycles. The molecule has 1 fully saturated rings. The van der Waals surface area contributed by atoms with Gasteiger partial charge in [-0.1, -0.05) is 25.0 Å². The molecule has 10 nitrogen and oxygen atoms in total. The van der Waals surface area contributed by atoms with E-state index in [9.17, 15) is 14.7 Å². The Bertz CT molecular complexity index is 1110. The van der Waals surface area contributed by atoms with Crippen LogP contribution in [0.2, 0.25) is 0 Å². The molecule has 208 valence electrons. The average Bonchev–Trinajstić information content (AvgIpc) is 2.77. The lowest BCUT2D eigenvalue weighted by Crippen LogP contribution is -2.47. The van der Waals surface area contributed by atoms with Gasteiger partial charge in [-0.3, -0.25) is 9.79 Å². The van der Waals surface area contributed by atoms with Gasteiger partial charge in [0.25, 0.3) is 0 Å². The van der Waals surface area contributed by atoms with Crippen LogP contribution in [0.25, 0.3) is 0 Å². The maximum absolute atomic E-state index is 12.5. The number of pyridine rings is 1. The number of nitrogens with one attached hydrogen (secondary N) is 2. The summed E-state index contributed by atoms with van der Waals surface area (Å²) < 4.78 is 5.47. The van der Waals surface area contributed by atoms with Crippen LogP contribution in [0.15, 0.2) is 40.0 Å². The zero-order valence-electron chi connectivity index (χ0n) is 23.4. The van der Waals surface area contributed by atoms with Crippen molar-refractivity contribution in [3.63, 3.8) is 0 Å². The van der Waals surface area contributed by atoms with Crippen LogP contribution in [0.3, 0.4) is 0 Å². The van der Waals surface area contributed by atoms with Crippen molar-refractivity contribution in [1.29, 1.82) is 0 Å². The molecule has 3 unspecified atom stereocenters. The number of carbonyl (C=O) groups excluding carboxylic acids is 2. The van der Waals surface area contributed by atoms with E-state index in [1.54, 1.807) is 32.0 Å². The van der Waals surface area contributed by atoms with Gasteiger partial charge in [-0.15, -0.1) is 0 Å². The SMILES string of the molecule is CC1=CCC(C(N)=O)C(=Nc2cccc(C(C)(C)O)n2)CC(=NC2CCCCC2NC(=O)OC(C)(C)C)N1. The third-order valence-corrected chi connectivity index (χ3v) is 6.47. The van der Waals surface area contributed by atoms with Gasteiger partial charge in [0.15, 0.2) is 5.82 Å². The van der Waals surface area contributed by atoms with Crippen molar-refractivity contribution >= 4 is 29.4 Å². The van der Waals surface area contributed by atoms with Gasteiger partial charge in [0.05, 0.1) is 23.7 Å². The quantitative estimate of drug-likeness (QED) is 0.455. The number of alkyl carbamates (subject to hydrolysis) is 1. The highest BCUT2D eigenvalue weighted by molar-refractivity contribution is 6.13. The van der Waals surface area contributed by atoms with Gasteiger partial charge in [-0.05, 0) is 72.9 Å². The lowest BCUT2D eigenvalue weighted by molar-refractivity contribution is -0.119. The maximum atomic E-state index is 12.5. The van der Waals surface area contributed by atoms with E-state index in [0.29, 0.717) is 29.5 Å². The van der Waals surface area contributed by atoms with E-state index < -0.39 is 29.1 Å². The molecule has 3 atom stereocenters. The second-order valence-electron chi connectivity index (χ2n) is 11.6. The van der Waals surface area contributed by atoms with Crippen LogP contribution in [0.1, 0.15) is 85.8 Å². The Balaban J connectivity index is 1.94. The second-order valence-corrected chi connectivity index (χ2v) is 11.6. The molecule has 1 aromatic heterocycles. The Morgan fingerprint density at radius 1 is 1.18 bits per heavy atom. The van der Waals surface area contributed by atoms with Gasteiger partial charge < -0.3 is 26.2 Å². The fourth-order valence-electron chi connectivity index (χ4n) is 4.59. The molecule has 3 rings (SSSR count). The zero-order valence-corrected chi connectivity index (χ0v) is 23.4. The summed E-state index contributed by atoms with van der Waals surface area (Å²) in [6, 6.07) is 4.91. The summed E-state index contributed by atoms with van der Waals surface area (Å²) in [5, 5.41) is 16.8. The molecule has 0 radical (unpaired) electrons. The fraction of sp³-hybridized carbons (Fsp3) is 0.607. The van der Waals surface area contributed by atoms with Crippen molar-refractivity contribution in [3.8, 4) is 0 Å². The lowest BCUT2D eigenvalue weighted by Gasteiger charge is -2.31. The number of nitrogens with two attached hydrogens (primary N) is 1. The second kappa shape index (κ2) is 12.1. The van der Waals surface area contributed by atoms with Gasteiger partial charge in [-0.25, -0.2) is 14.8 Å². The Kier molecular flexibility index (Phi) is 9.30. The van der Waals surface area contributed by atoms with Crippen molar-refractivity contribution in [3.05, 3.63) is 35.7 Å². The highest BCUT2D eigenvalue weighted by atomic mass is 16.6.